The fraction of sp³-hybridized carbons (Fsp3) is 0.150. The van der Waals surface area contributed by atoms with Crippen LogP contribution >= 0.6 is 0 Å². The average molecular weight is 592 g/mol. The number of nitrogens with zero attached hydrogens (tertiary/aromatic N) is 3. The predicted molar refractivity (Wildman–Crippen MR) is 186 cm³/mol. The van der Waals surface area contributed by atoms with E-state index in [1.165, 1.54) is 11.1 Å². The molecule has 1 aliphatic rings. The molecule has 0 atom stereocenters. The molecule has 0 saturated carbocycles. The van der Waals surface area contributed by atoms with Crippen LogP contribution in [0.25, 0.3) is 33.9 Å². The van der Waals surface area contributed by atoms with E-state index in [9.17, 15) is 0 Å². The van der Waals surface area contributed by atoms with E-state index in [0.29, 0.717) is 5.89 Å². The van der Waals surface area contributed by atoms with Crippen molar-refractivity contribution in [3.05, 3.63) is 157 Å². The van der Waals surface area contributed by atoms with E-state index in [1.54, 1.807) is 6.08 Å². The molecule has 0 aliphatic carbocycles. The van der Waals surface area contributed by atoms with Crippen LogP contribution in [0.4, 0.5) is 5.69 Å². The summed E-state index contributed by atoms with van der Waals surface area (Å²) in [5.74, 6) is 2.24. The van der Waals surface area contributed by atoms with Crippen molar-refractivity contribution in [2.24, 2.45) is 0 Å². The minimum absolute atomic E-state index is 0.574. The highest BCUT2D eigenvalue weighted by Gasteiger charge is 2.27. The fourth-order valence-electron chi connectivity index (χ4n) is 5.52. The standard InChI is InChI=1S/C40H37N3O2/c1-4-7-15-31(6-3)33-18-20-37-35(26-33)42-39(44-37)24-29(5-2)25-40-43(23-12-14-30-13-11-22-41-28-30)36-27-34(19-21-38(36)45-40)32-16-9-8-10-17-32/h4,6-11,13,15-22,24-28H,1,5,12,14,23H2,2-3H3/b15-7-,29-24+,31-6+,40-25-. The highest BCUT2D eigenvalue weighted by atomic mass is 16.5. The van der Waals surface area contributed by atoms with Crippen LogP contribution < -0.4 is 9.64 Å². The molecule has 1 aliphatic heterocycles. The van der Waals surface area contributed by atoms with Crippen LogP contribution in [-0.4, -0.2) is 16.5 Å². The third-order valence-corrected chi connectivity index (χ3v) is 7.89. The fourth-order valence-corrected chi connectivity index (χ4v) is 5.52. The summed E-state index contributed by atoms with van der Waals surface area (Å²) in [6.07, 6.45) is 18.4. The summed E-state index contributed by atoms with van der Waals surface area (Å²) in [5.41, 5.74) is 9.47. The van der Waals surface area contributed by atoms with E-state index in [-0.39, 0.29) is 0 Å². The highest BCUT2D eigenvalue weighted by Crippen LogP contribution is 2.42. The molecule has 2 aromatic heterocycles. The number of benzene rings is 3. The molecule has 0 amide bonds. The van der Waals surface area contributed by atoms with Crippen molar-refractivity contribution >= 4 is 28.4 Å². The van der Waals surface area contributed by atoms with Gasteiger partial charge in [0.25, 0.3) is 0 Å². The molecule has 6 rings (SSSR count). The first kappa shape index (κ1) is 29.6. The Balaban J connectivity index is 1.30. The number of pyridine rings is 1. The molecule has 3 heterocycles. The molecular formula is C40H37N3O2. The summed E-state index contributed by atoms with van der Waals surface area (Å²) in [5, 5.41) is 0. The monoisotopic (exact) mass is 591 g/mol. The Morgan fingerprint density at radius 3 is 2.64 bits per heavy atom. The molecule has 5 heteroatoms. The summed E-state index contributed by atoms with van der Waals surface area (Å²) >= 11 is 0. The van der Waals surface area contributed by atoms with Crippen LogP contribution in [0.2, 0.25) is 0 Å². The minimum Gasteiger partial charge on any atom is -0.439 e. The van der Waals surface area contributed by atoms with Crippen molar-refractivity contribution in [3.63, 3.8) is 0 Å². The number of oxazole rings is 1. The topological polar surface area (TPSA) is 51.4 Å². The third-order valence-electron chi connectivity index (χ3n) is 7.89. The quantitative estimate of drug-likeness (QED) is 0.143. The minimum atomic E-state index is 0.574. The number of anilines is 1. The lowest BCUT2D eigenvalue weighted by Gasteiger charge is -2.19. The van der Waals surface area contributed by atoms with Crippen molar-refractivity contribution in [3.8, 4) is 16.9 Å². The van der Waals surface area contributed by atoms with Gasteiger partial charge in [-0.25, -0.2) is 4.98 Å². The van der Waals surface area contributed by atoms with Crippen LogP contribution in [-0.2, 0) is 6.42 Å². The Labute approximate surface area is 265 Å². The second-order valence-electron chi connectivity index (χ2n) is 10.9. The molecule has 45 heavy (non-hydrogen) atoms. The van der Waals surface area contributed by atoms with Crippen molar-refractivity contribution in [2.45, 2.75) is 33.1 Å². The predicted octanol–water partition coefficient (Wildman–Crippen LogP) is 10.2. The Morgan fingerprint density at radius 1 is 0.978 bits per heavy atom. The van der Waals surface area contributed by atoms with E-state index in [4.69, 9.17) is 14.1 Å². The normalized spacial score (nSPS) is 14.4. The van der Waals surface area contributed by atoms with Gasteiger partial charge in [0.15, 0.2) is 11.3 Å². The Hall–Kier alpha value is -5.42. The maximum absolute atomic E-state index is 6.49. The number of fused-ring (bicyclic) bond motifs is 2. The van der Waals surface area contributed by atoms with E-state index in [0.717, 1.165) is 76.5 Å². The van der Waals surface area contributed by atoms with Gasteiger partial charge in [-0.15, -0.1) is 0 Å². The van der Waals surface area contributed by atoms with Crippen LogP contribution in [0, 0.1) is 0 Å². The number of rotatable bonds is 11. The van der Waals surface area contributed by atoms with Crippen LogP contribution in [0.5, 0.6) is 5.75 Å². The van der Waals surface area contributed by atoms with Gasteiger partial charge in [-0.05, 0) is 89.9 Å². The van der Waals surface area contributed by atoms with Crippen LogP contribution in [0.1, 0.15) is 43.7 Å². The molecule has 0 saturated heterocycles. The number of aryl methyl sites for hydroxylation is 1. The summed E-state index contributed by atoms with van der Waals surface area (Å²) in [6.45, 7) is 8.75. The lowest BCUT2D eigenvalue weighted by Crippen LogP contribution is -2.22. The number of ether oxygens (including phenoxy) is 1. The lowest BCUT2D eigenvalue weighted by atomic mass is 10.0. The summed E-state index contributed by atoms with van der Waals surface area (Å²) < 4.78 is 12.6. The molecule has 3 aromatic carbocycles. The second kappa shape index (κ2) is 13.9. The second-order valence-corrected chi connectivity index (χ2v) is 10.9. The Kier molecular flexibility index (Phi) is 9.16. The Morgan fingerprint density at radius 2 is 1.87 bits per heavy atom. The van der Waals surface area contributed by atoms with E-state index in [2.05, 4.69) is 96.2 Å². The van der Waals surface area contributed by atoms with Gasteiger partial charge in [-0.3, -0.25) is 4.98 Å². The largest absolute Gasteiger partial charge is 0.439 e. The van der Waals surface area contributed by atoms with Gasteiger partial charge >= 0.3 is 0 Å². The summed E-state index contributed by atoms with van der Waals surface area (Å²) in [7, 11) is 0. The molecule has 0 bridgehead atoms. The van der Waals surface area contributed by atoms with E-state index in [1.807, 2.05) is 55.7 Å². The molecule has 0 spiro atoms. The van der Waals surface area contributed by atoms with E-state index >= 15 is 0 Å². The number of hydrogen-bond acceptors (Lipinski definition) is 5. The number of allylic oxidation sites excluding steroid dienone is 7. The van der Waals surface area contributed by atoms with Crippen molar-refractivity contribution in [1.82, 2.24) is 9.97 Å². The Bertz CT molecular complexity index is 1910. The molecule has 0 N–H and O–H groups in total. The van der Waals surface area contributed by atoms with Crippen LogP contribution in [0.3, 0.4) is 0 Å². The maximum Gasteiger partial charge on any atom is 0.220 e. The SMILES string of the molecule is C=C/C=C\C(=C/C)c1ccc2oc(/C=C(/C=C3\Oc4ccc(-c5ccccc5)cc4N3CCCc3cccnc3)CC)nc2c1. The number of aromatic nitrogens is 2. The zero-order valence-corrected chi connectivity index (χ0v) is 25.8. The first-order valence-corrected chi connectivity index (χ1v) is 15.5. The lowest BCUT2D eigenvalue weighted by molar-refractivity contribution is 0.436. The molecule has 224 valence electrons. The van der Waals surface area contributed by atoms with Crippen molar-refractivity contribution in [1.29, 1.82) is 0 Å². The maximum atomic E-state index is 6.49. The summed E-state index contributed by atoms with van der Waals surface area (Å²) in [6, 6.07) is 27.1. The molecular weight excluding hydrogens is 554 g/mol. The first-order chi connectivity index (χ1) is 22.1. The third kappa shape index (κ3) is 6.89. The smallest absolute Gasteiger partial charge is 0.220 e. The van der Waals surface area contributed by atoms with Gasteiger partial charge < -0.3 is 14.1 Å². The van der Waals surface area contributed by atoms with Gasteiger partial charge in [0.2, 0.25) is 11.8 Å². The molecule has 0 fully saturated rings. The van der Waals surface area contributed by atoms with Crippen molar-refractivity contribution < 1.29 is 9.15 Å². The highest BCUT2D eigenvalue weighted by molar-refractivity contribution is 5.83. The average Bonchev–Trinajstić information content (AvgIpc) is 3.65. The van der Waals surface area contributed by atoms with Gasteiger partial charge in [-0.1, -0.05) is 86.3 Å². The van der Waals surface area contributed by atoms with Gasteiger partial charge in [0.05, 0.1) is 5.69 Å². The molecule has 0 radical (unpaired) electrons. The molecule has 5 aromatic rings. The first-order valence-electron chi connectivity index (χ1n) is 15.5. The van der Waals surface area contributed by atoms with Crippen molar-refractivity contribution in [2.75, 3.05) is 11.4 Å². The zero-order chi connectivity index (χ0) is 31.0. The van der Waals surface area contributed by atoms with E-state index < -0.39 is 0 Å². The zero-order valence-electron chi connectivity index (χ0n) is 25.8. The van der Waals surface area contributed by atoms with Gasteiger partial charge in [0, 0.05) is 31.1 Å². The van der Waals surface area contributed by atoms with Crippen LogP contribution in [0.15, 0.2) is 144 Å². The molecule has 5 nitrogen and oxygen atoms in total. The summed E-state index contributed by atoms with van der Waals surface area (Å²) in [4.78, 5) is 11.4. The number of hydrogen-bond donors (Lipinski definition) is 0. The van der Waals surface area contributed by atoms with Gasteiger partial charge in [0.1, 0.15) is 5.52 Å². The molecule has 0 unspecified atom stereocenters. The van der Waals surface area contributed by atoms with Gasteiger partial charge in [-0.2, -0.15) is 0 Å².